The average molecular weight is 485 g/mol. The fraction of sp³-hybridized carbons (Fsp3) is 0.350. The highest BCUT2D eigenvalue weighted by molar-refractivity contribution is 9.10. The monoisotopic (exact) mass is 484 g/mol. The van der Waals surface area contributed by atoms with E-state index in [1.54, 1.807) is 0 Å². The quantitative estimate of drug-likeness (QED) is 0.538. The molecule has 2 aromatic rings. The predicted molar refractivity (Wildman–Crippen MR) is 115 cm³/mol. The van der Waals surface area contributed by atoms with Crippen LogP contribution < -0.4 is 19.5 Å². The summed E-state index contributed by atoms with van der Waals surface area (Å²) in [5, 5.41) is 2.94. The molecule has 0 saturated heterocycles. The Bertz CT molecular complexity index is 932. The van der Waals surface area contributed by atoms with Gasteiger partial charge in [0.25, 0.3) is 0 Å². The van der Waals surface area contributed by atoms with Crippen molar-refractivity contribution >= 4 is 31.9 Å². The van der Waals surface area contributed by atoms with Crippen molar-refractivity contribution < 1.29 is 22.7 Å². The molecular weight excluding hydrogens is 460 g/mol. The molecule has 9 heteroatoms. The van der Waals surface area contributed by atoms with E-state index in [0.717, 1.165) is 16.5 Å². The van der Waals surface area contributed by atoms with Crippen molar-refractivity contribution in [2.45, 2.75) is 30.7 Å². The van der Waals surface area contributed by atoms with E-state index in [0.29, 0.717) is 11.5 Å². The first-order valence-corrected chi connectivity index (χ1v) is 11.3. The number of hydrogen-bond acceptors (Lipinski definition) is 5. The van der Waals surface area contributed by atoms with Crippen molar-refractivity contribution in [2.75, 3.05) is 20.8 Å². The highest BCUT2D eigenvalue weighted by atomic mass is 79.9. The van der Waals surface area contributed by atoms with Crippen LogP contribution in [0, 0.1) is 0 Å². The van der Waals surface area contributed by atoms with Gasteiger partial charge < -0.3 is 14.8 Å². The zero-order valence-electron chi connectivity index (χ0n) is 16.6. The highest BCUT2D eigenvalue weighted by Crippen LogP contribution is 2.29. The van der Waals surface area contributed by atoms with Gasteiger partial charge in [-0.25, -0.2) is 13.1 Å². The number of ether oxygens (including phenoxy) is 2. The van der Waals surface area contributed by atoms with Crippen LogP contribution in [0.2, 0.25) is 0 Å². The molecule has 0 heterocycles. The van der Waals surface area contributed by atoms with Crippen LogP contribution in [0.3, 0.4) is 0 Å². The molecule has 158 valence electrons. The van der Waals surface area contributed by atoms with Crippen LogP contribution in [0.4, 0.5) is 0 Å². The summed E-state index contributed by atoms with van der Waals surface area (Å²) < 4.78 is 38.6. The second-order valence-electron chi connectivity index (χ2n) is 6.24. The molecule has 0 aromatic heterocycles. The summed E-state index contributed by atoms with van der Waals surface area (Å²) in [7, 11) is -0.870. The molecule has 1 amide bonds. The molecule has 1 atom stereocenters. The van der Waals surface area contributed by atoms with Gasteiger partial charge in [-0.3, -0.25) is 4.79 Å². The Hall–Kier alpha value is -2.10. The summed E-state index contributed by atoms with van der Waals surface area (Å²) in [6.45, 7) is 1.96. The van der Waals surface area contributed by atoms with Crippen LogP contribution in [0.1, 0.15) is 31.4 Å². The normalized spacial score (nSPS) is 12.3. The van der Waals surface area contributed by atoms with Crippen LogP contribution in [0.25, 0.3) is 0 Å². The Kier molecular flexibility index (Phi) is 8.48. The summed E-state index contributed by atoms with van der Waals surface area (Å²) in [5.74, 6) is 0.521. The van der Waals surface area contributed by atoms with Crippen LogP contribution in [-0.2, 0) is 14.8 Å². The Morgan fingerprint density at radius 1 is 1.07 bits per heavy atom. The van der Waals surface area contributed by atoms with E-state index in [1.807, 2.05) is 31.2 Å². The third-order valence-electron chi connectivity index (χ3n) is 4.33. The average Bonchev–Trinajstić information content (AvgIpc) is 2.72. The summed E-state index contributed by atoms with van der Waals surface area (Å²) in [6.07, 6.45) is 0.754. The molecule has 0 fully saturated rings. The fourth-order valence-electron chi connectivity index (χ4n) is 2.75. The largest absolute Gasteiger partial charge is 0.493 e. The van der Waals surface area contributed by atoms with Crippen LogP contribution in [0.5, 0.6) is 11.5 Å². The SMILES string of the molecule is CCC(NC(=O)CCNS(=O)(=O)c1ccc(OC)c(OC)c1)c1ccc(Br)cc1. The van der Waals surface area contributed by atoms with Crippen LogP contribution >= 0.6 is 15.9 Å². The first-order chi connectivity index (χ1) is 13.8. The van der Waals surface area contributed by atoms with Crippen LogP contribution in [-0.4, -0.2) is 35.1 Å². The third kappa shape index (κ3) is 6.45. The zero-order chi connectivity index (χ0) is 21.4. The minimum absolute atomic E-state index is 0.0146. The maximum Gasteiger partial charge on any atom is 0.240 e. The molecule has 0 saturated carbocycles. The van der Waals surface area contributed by atoms with Crippen LogP contribution in [0.15, 0.2) is 51.8 Å². The lowest BCUT2D eigenvalue weighted by Gasteiger charge is -2.18. The topological polar surface area (TPSA) is 93.7 Å². The number of rotatable bonds is 10. The van der Waals surface area contributed by atoms with Gasteiger partial charge in [0.2, 0.25) is 15.9 Å². The summed E-state index contributed by atoms with van der Waals surface area (Å²) in [6, 6.07) is 11.9. The number of sulfonamides is 1. The molecule has 2 N–H and O–H groups in total. The maximum atomic E-state index is 12.5. The Balaban J connectivity index is 1.94. The van der Waals surface area contributed by atoms with Gasteiger partial charge in [0.05, 0.1) is 25.2 Å². The molecule has 0 radical (unpaired) electrons. The number of halogens is 1. The Morgan fingerprint density at radius 2 is 1.72 bits per heavy atom. The van der Waals surface area contributed by atoms with E-state index >= 15 is 0 Å². The lowest BCUT2D eigenvalue weighted by molar-refractivity contribution is -0.121. The minimum Gasteiger partial charge on any atom is -0.493 e. The number of hydrogen-bond donors (Lipinski definition) is 2. The van der Waals surface area contributed by atoms with Crippen molar-refractivity contribution in [3.05, 3.63) is 52.5 Å². The van der Waals surface area contributed by atoms with E-state index in [-0.39, 0.29) is 29.8 Å². The first kappa shape index (κ1) is 23.2. The van der Waals surface area contributed by atoms with Gasteiger partial charge in [-0.2, -0.15) is 0 Å². The van der Waals surface area contributed by atoms with E-state index < -0.39 is 10.0 Å². The van der Waals surface area contributed by atoms with E-state index in [4.69, 9.17) is 9.47 Å². The summed E-state index contributed by atoms with van der Waals surface area (Å²) in [5.41, 5.74) is 0.995. The molecule has 2 aromatic carbocycles. The molecular formula is C20H25BrN2O5S. The van der Waals surface area contributed by atoms with Gasteiger partial charge in [-0.15, -0.1) is 0 Å². The Morgan fingerprint density at radius 3 is 2.31 bits per heavy atom. The van der Waals surface area contributed by atoms with E-state index in [2.05, 4.69) is 26.0 Å². The standard InChI is InChI=1S/C20H25BrN2O5S/c1-4-17(14-5-7-15(21)8-6-14)23-20(24)11-12-22-29(25,26)16-9-10-18(27-2)19(13-16)28-3/h5-10,13,17,22H,4,11-12H2,1-3H3,(H,23,24). The summed E-state index contributed by atoms with van der Waals surface area (Å²) in [4.78, 5) is 12.3. The van der Waals surface area contributed by atoms with Gasteiger partial charge >= 0.3 is 0 Å². The van der Waals surface area contributed by atoms with E-state index in [1.165, 1.54) is 32.4 Å². The number of benzene rings is 2. The smallest absolute Gasteiger partial charge is 0.240 e. The van der Waals surface area contributed by atoms with Crippen molar-refractivity contribution in [1.82, 2.24) is 10.0 Å². The first-order valence-electron chi connectivity index (χ1n) is 9.07. The summed E-state index contributed by atoms with van der Waals surface area (Å²) >= 11 is 3.39. The van der Waals surface area contributed by atoms with Crippen molar-refractivity contribution in [2.24, 2.45) is 0 Å². The molecule has 2 rings (SSSR count). The van der Waals surface area contributed by atoms with Gasteiger partial charge in [-0.1, -0.05) is 35.0 Å². The van der Waals surface area contributed by atoms with Gasteiger partial charge in [-0.05, 0) is 36.2 Å². The highest BCUT2D eigenvalue weighted by Gasteiger charge is 2.18. The number of methoxy groups -OCH3 is 2. The molecule has 0 aliphatic heterocycles. The lowest BCUT2D eigenvalue weighted by Crippen LogP contribution is -2.32. The van der Waals surface area contributed by atoms with Gasteiger partial charge in [0.1, 0.15) is 0 Å². The lowest BCUT2D eigenvalue weighted by atomic mass is 10.0. The molecule has 0 aliphatic rings. The molecule has 29 heavy (non-hydrogen) atoms. The number of carbonyl (C=O) groups excluding carboxylic acids is 1. The molecule has 0 aliphatic carbocycles. The molecule has 0 bridgehead atoms. The second kappa shape index (κ2) is 10.6. The number of carbonyl (C=O) groups is 1. The maximum absolute atomic E-state index is 12.5. The fourth-order valence-corrected chi connectivity index (χ4v) is 4.06. The van der Waals surface area contributed by atoms with Crippen molar-refractivity contribution in [3.8, 4) is 11.5 Å². The number of nitrogens with one attached hydrogen (secondary N) is 2. The number of amides is 1. The van der Waals surface area contributed by atoms with E-state index in [9.17, 15) is 13.2 Å². The zero-order valence-corrected chi connectivity index (χ0v) is 19.0. The van der Waals surface area contributed by atoms with Crippen molar-refractivity contribution in [3.63, 3.8) is 0 Å². The third-order valence-corrected chi connectivity index (χ3v) is 6.31. The molecule has 0 spiro atoms. The second-order valence-corrected chi connectivity index (χ2v) is 8.93. The van der Waals surface area contributed by atoms with Crippen molar-refractivity contribution in [1.29, 1.82) is 0 Å². The minimum atomic E-state index is -3.78. The van der Waals surface area contributed by atoms with Gasteiger partial charge in [0, 0.05) is 23.5 Å². The predicted octanol–water partition coefficient (Wildman–Crippen LogP) is 3.40. The molecule has 7 nitrogen and oxygen atoms in total. The Labute approximate surface area is 180 Å². The van der Waals surface area contributed by atoms with Gasteiger partial charge in [0.15, 0.2) is 11.5 Å². The molecule has 1 unspecified atom stereocenters.